The highest BCUT2D eigenvalue weighted by Gasteiger charge is 2.33. The molecule has 3 aliphatic rings. The fourth-order valence-corrected chi connectivity index (χ4v) is 6.36. The van der Waals surface area contributed by atoms with E-state index in [-0.39, 0.29) is 23.7 Å². The van der Waals surface area contributed by atoms with E-state index in [1.807, 2.05) is 44.5 Å². The summed E-state index contributed by atoms with van der Waals surface area (Å²) in [5, 5.41) is 0.184. The molecule has 0 unspecified atom stereocenters. The minimum Gasteiger partial charge on any atom is -0.345 e. The third kappa shape index (κ3) is 3.48. The second-order valence-electron chi connectivity index (χ2n) is 10.4. The van der Waals surface area contributed by atoms with E-state index in [0.29, 0.717) is 65.1 Å². The summed E-state index contributed by atoms with van der Waals surface area (Å²) in [5.74, 6) is -1.90. The van der Waals surface area contributed by atoms with Crippen molar-refractivity contribution in [3.05, 3.63) is 71.3 Å². The Balaban J connectivity index is 1.37. The number of aromatic nitrogens is 3. The molecule has 1 fully saturated rings. The van der Waals surface area contributed by atoms with Gasteiger partial charge in [-0.2, -0.15) is 0 Å². The zero-order valence-electron chi connectivity index (χ0n) is 20.9. The number of fused-ring (bicyclic) bond motifs is 1. The monoisotopic (exact) mass is 515 g/mol. The average molecular weight is 516 g/mol. The van der Waals surface area contributed by atoms with Gasteiger partial charge in [-0.05, 0) is 55.0 Å². The molecule has 0 spiro atoms. The Hall–Kier alpha value is -4.01. The molecule has 2 aliphatic heterocycles. The van der Waals surface area contributed by atoms with E-state index >= 15 is 8.78 Å². The molecule has 0 atom stereocenters. The first kappa shape index (κ1) is 23.1. The lowest BCUT2D eigenvalue weighted by Crippen LogP contribution is -2.45. The lowest BCUT2D eigenvalue weighted by Gasteiger charge is -2.32. The van der Waals surface area contributed by atoms with Gasteiger partial charge in [0.1, 0.15) is 5.65 Å². The number of likely N-dealkylation sites (tertiary alicyclic amines) is 1. The number of carbonyl (C=O) groups excluding carboxylic acids is 2. The third-order valence-electron chi connectivity index (χ3n) is 8.16. The molecule has 7 nitrogen and oxygen atoms in total. The molecule has 0 saturated carbocycles. The number of amides is 2. The van der Waals surface area contributed by atoms with Crippen molar-refractivity contribution in [2.24, 2.45) is 0 Å². The zero-order chi connectivity index (χ0) is 26.0. The number of pyridine rings is 1. The number of piperidine rings is 1. The van der Waals surface area contributed by atoms with Crippen LogP contribution in [0.1, 0.15) is 48.9 Å². The number of ketones is 1. The largest absolute Gasteiger partial charge is 0.345 e. The molecule has 38 heavy (non-hydrogen) atoms. The minimum atomic E-state index is -0.944. The molecular formula is C29H27F2N5O2. The molecule has 194 valence electrons. The van der Waals surface area contributed by atoms with Crippen LogP contribution >= 0.6 is 0 Å². The molecule has 7 rings (SSSR count). The predicted molar refractivity (Wildman–Crippen MR) is 139 cm³/mol. The molecule has 5 heterocycles. The van der Waals surface area contributed by atoms with Crippen LogP contribution in [0.2, 0.25) is 0 Å². The molecule has 1 saturated heterocycles. The number of halogens is 2. The molecular weight excluding hydrogens is 488 g/mol. The van der Waals surface area contributed by atoms with Gasteiger partial charge < -0.3 is 14.4 Å². The molecule has 4 aromatic rings. The fraction of sp³-hybridized carbons (Fsp3) is 0.345. The van der Waals surface area contributed by atoms with Crippen molar-refractivity contribution in [1.29, 1.82) is 0 Å². The lowest BCUT2D eigenvalue weighted by molar-refractivity contribution is -0.113. The molecule has 0 bridgehead atoms. The van der Waals surface area contributed by atoms with E-state index in [2.05, 4.69) is 4.98 Å². The Morgan fingerprint density at radius 3 is 2.66 bits per heavy atom. The van der Waals surface area contributed by atoms with Crippen LogP contribution < -0.4 is 0 Å². The fourth-order valence-electron chi connectivity index (χ4n) is 6.36. The number of hydrogen-bond donors (Lipinski definition) is 0. The van der Waals surface area contributed by atoms with Crippen molar-refractivity contribution in [3.8, 4) is 0 Å². The molecule has 3 aromatic heterocycles. The number of hydrogen-bond acceptors (Lipinski definition) is 3. The standard InChI is InChI=1S/C29H27F2N5O2/c30-21-14-18-16-35(29(38)33-9-3-1-4-10-33)13-12-34-17-20(26(27(21)31)28(18)34)19-7-8-23(37)25(19)22-15-32-24-6-2-5-11-36(22)24/h2,5-6,11,14-15,17H,1,3-4,7-10,12-13,16H2. The van der Waals surface area contributed by atoms with E-state index in [9.17, 15) is 9.59 Å². The van der Waals surface area contributed by atoms with Crippen molar-refractivity contribution in [2.75, 3.05) is 19.6 Å². The van der Waals surface area contributed by atoms with Gasteiger partial charge in [-0.25, -0.2) is 18.6 Å². The van der Waals surface area contributed by atoms with Crippen molar-refractivity contribution in [1.82, 2.24) is 23.8 Å². The molecule has 9 heteroatoms. The Kier molecular flexibility index (Phi) is 5.35. The minimum absolute atomic E-state index is 0.0333. The summed E-state index contributed by atoms with van der Waals surface area (Å²) >= 11 is 0. The number of rotatable bonds is 2. The number of allylic oxidation sites excluding steroid dienone is 2. The summed E-state index contributed by atoms with van der Waals surface area (Å²) in [4.78, 5) is 34.5. The van der Waals surface area contributed by atoms with Gasteiger partial charge in [-0.15, -0.1) is 0 Å². The first-order valence-electron chi connectivity index (χ1n) is 13.2. The van der Waals surface area contributed by atoms with Gasteiger partial charge >= 0.3 is 6.03 Å². The van der Waals surface area contributed by atoms with Crippen LogP contribution in [0.5, 0.6) is 0 Å². The summed E-state index contributed by atoms with van der Waals surface area (Å²) in [6.45, 7) is 2.57. The number of nitrogens with zero attached hydrogens (tertiary/aromatic N) is 5. The number of Topliss-reactive ketones (excluding diaryl/α,β-unsaturated/α-hetero) is 1. The van der Waals surface area contributed by atoms with E-state index in [0.717, 1.165) is 32.4 Å². The van der Waals surface area contributed by atoms with Crippen molar-refractivity contribution in [2.45, 2.75) is 45.2 Å². The van der Waals surface area contributed by atoms with E-state index in [1.165, 1.54) is 6.07 Å². The first-order valence-corrected chi connectivity index (χ1v) is 13.2. The Morgan fingerprint density at radius 1 is 0.974 bits per heavy atom. The molecule has 2 amide bonds. The highest BCUT2D eigenvalue weighted by molar-refractivity contribution is 6.31. The van der Waals surface area contributed by atoms with Crippen LogP contribution in [-0.4, -0.2) is 55.2 Å². The maximum Gasteiger partial charge on any atom is 0.320 e. The highest BCUT2D eigenvalue weighted by Crippen LogP contribution is 2.43. The van der Waals surface area contributed by atoms with E-state index in [4.69, 9.17) is 0 Å². The first-order chi connectivity index (χ1) is 18.5. The second kappa shape index (κ2) is 8.79. The normalized spacial score (nSPS) is 18.2. The van der Waals surface area contributed by atoms with E-state index in [1.54, 1.807) is 11.1 Å². The SMILES string of the molecule is O=C1CCC(c2cn3c4c(cc(F)c(F)c24)CN(C(=O)N2CCCCC2)CC3)=C1c1cnc2ccccn12. The van der Waals surface area contributed by atoms with Gasteiger partial charge in [0.2, 0.25) is 0 Å². The number of urea groups is 1. The van der Waals surface area contributed by atoms with Crippen LogP contribution in [0, 0.1) is 11.6 Å². The van der Waals surface area contributed by atoms with Crippen LogP contribution in [0.3, 0.4) is 0 Å². The van der Waals surface area contributed by atoms with Gasteiger partial charge in [-0.3, -0.25) is 9.20 Å². The predicted octanol–water partition coefficient (Wildman–Crippen LogP) is 5.26. The van der Waals surface area contributed by atoms with E-state index < -0.39 is 11.6 Å². The maximum absolute atomic E-state index is 15.6. The Bertz CT molecular complexity index is 1660. The molecule has 0 radical (unpaired) electrons. The number of benzene rings is 1. The number of imidazole rings is 1. The zero-order valence-corrected chi connectivity index (χ0v) is 20.9. The molecule has 1 aliphatic carbocycles. The van der Waals surface area contributed by atoms with Crippen LogP contribution in [0.4, 0.5) is 13.6 Å². The number of carbonyl (C=O) groups is 2. The summed E-state index contributed by atoms with van der Waals surface area (Å²) in [5.41, 5.74) is 4.30. The summed E-state index contributed by atoms with van der Waals surface area (Å²) < 4.78 is 34.4. The maximum atomic E-state index is 15.6. The quantitative estimate of drug-likeness (QED) is 0.366. The van der Waals surface area contributed by atoms with Crippen LogP contribution in [-0.2, 0) is 17.9 Å². The Labute approximate surface area is 218 Å². The van der Waals surface area contributed by atoms with Crippen LogP contribution in [0.15, 0.2) is 42.9 Å². The smallest absolute Gasteiger partial charge is 0.320 e. The highest BCUT2D eigenvalue weighted by atomic mass is 19.2. The topological polar surface area (TPSA) is 62.9 Å². The summed E-state index contributed by atoms with van der Waals surface area (Å²) in [6.07, 6.45) is 9.20. The second-order valence-corrected chi connectivity index (χ2v) is 10.4. The molecule has 1 aromatic carbocycles. The summed E-state index contributed by atoms with van der Waals surface area (Å²) in [6, 6.07) is 6.78. The van der Waals surface area contributed by atoms with Crippen LogP contribution in [0.25, 0.3) is 27.7 Å². The summed E-state index contributed by atoms with van der Waals surface area (Å²) in [7, 11) is 0. The van der Waals surface area contributed by atoms with Crippen molar-refractivity contribution in [3.63, 3.8) is 0 Å². The third-order valence-corrected chi connectivity index (χ3v) is 8.16. The molecule has 0 N–H and O–H groups in total. The van der Waals surface area contributed by atoms with Gasteiger partial charge in [0, 0.05) is 68.1 Å². The Morgan fingerprint density at radius 2 is 1.82 bits per heavy atom. The lowest BCUT2D eigenvalue weighted by atomic mass is 9.98. The average Bonchev–Trinajstić information content (AvgIpc) is 3.61. The van der Waals surface area contributed by atoms with Gasteiger partial charge in [-0.1, -0.05) is 6.07 Å². The van der Waals surface area contributed by atoms with Crippen molar-refractivity contribution < 1.29 is 18.4 Å². The van der Waals surface area contributed by atoms with Gasteiger partial charge in [0.25, 0.3) is 0 Å². The van der Waals surface area contributed by atoms with Gasteiger partial charge in [0.05, 0.1) is 17.4 Å². The van der Waals surface area contributed by atoms with Gasteiger partial charge in [0.15, 0.2) is 17.4 Å². The van der Waals surface area contributed by atoms with Crippen molar-refractivity contribution >= 4 is 39.5 Å².